The van der Waals surface area contributed by atoms with Crippen LogP contribution in [0.3, 0.4) is 0 Å². The molecule has 0 atom stereocenters. The van der Waals surface area contributed by atoms with Gasteiger partial charge in [-0.2, -0.15) is 0 Å². The van der Waals surface area contributed by atoms with Crippen LogP contribution in [0, 0.1) is 0 Å². The molecule has 0 bridgehead atoms. The lowest BCUT2D eigenvalue weighted by Crippen LogP contribution is -2.33. The van der Waals surface area contributed by atoms with Crippen molar-refractivity contribution in [3.8, 4) is 0 Å². The molecule has 0 saturated heterocycles. The van der Waals surface area contributed by atoms with Crippen LogP contribution in [0.4, 0.5) is 5.69 Å². The van der Waals surface area contributed by atoms with Crippen LogP contribution < -0.4 is 4.90 Å². The molecule has 0 N–H and O–H groups in total. The third-order valence-electron chi connectivity index (χ3n) is 2.74. The van der Waals surface area contributed by atoms with Crippen LogP contribution in [0.5, 0.6) is 0 Å². The van der Waals surface area contributed by atoms with Crippen LogP contribution in [-0.4, -0.2) is 19.7 Å². The van der Waals surface area contributed by atoms with Crippen molar-refractivity contribution in [2.75, 3.05) is 18.7 Å². The number of nitrogens with zero attached hydrogens (tertiary/aromatic N) is 1. The van der Waals surface area contributed by atoms with Crippen molar-refractivity contribution in [3.63, 3.8) is 0 Å². The molecule has 100 valence electrons. The zero-order valence-electron chi connectivity index (χ0n) is 11.2. The van der Waals surface area contributed by atoms with Crippen LogP contribution in [0.2, 0.25) is 5.02 Å². The van der Waals surface area contributed by atoms with E-state index in [4.69, 9.17) is 16.3 Å². The Kier molecular flexibility index (Phi) is 6.16. The van der Waals surface area contributed by atoms with Crippen LogP contribution in [0.25, 0.3) is 0 Å². The number of rotatable bonds is 6. The van der Waals surface area contributed by atoms with Crippen molar-refractivity contribution in [1.29, 1.82) is 0 Å². The van der Waals surface area contributed by atoms with Crippen molar-refractivity contribution in [3.05, 3.63) is 28.8 Å². The Morgan fingerprint density at radius 2 is 2.11 bits per heavy atom. The molecule has 0 aliphatic heterocycles. The van der Waals surface area contributed by atoms with Gasteiger partial charge < -0.3 is 4.74 Å². The molecule has 1 rings (SSSR count). The van der Waals surface area contributed by atoms with Crippen molar-refractivity contribution >= 4 is 23.2 Å². The minimum atomic E-state index is 0.0437. The molecule has 0 heterocycles. The number of benzene rings is 1. The Morgan fingerprint density at radius 3 is 2.67 bits per heavy atom. The molecule has 0 saturated carbocycles. The molecule has 0 fully saturated rings. The first-order valence-electron chi connectivity index (χ1n) is 6.22. The van der Waals surface area contributed by atoms with Gasteiger partial charge in [-0.25, -0.2) is 0 Å². The van der Waals surface area contributed by atoms with Gasteiger partial charge in [0.05, 0.1) is 10.7 Å². The van der Waals surface area contributed by atoms with E-state index in [-0.39, 0.29) is 12.6 Å². The molecule has 18 heavy (non-hydrogen) atoms. The lowest BCUT2D eigenvalue weighted by Gasteiger charge is -2.25. The van der Waals surface area contributed by atoms with E-state index in [9.17, 15) is 4.79 Å². The zero-order valence-corrected chi connectivity index (χ0v) is 12.0. The molecule has 1 aromatic carbocycles. The molecular formula is C14H20ClNO2. The summed E-state index contributed by atoms with van der Waals surface area (Å²) in [7, 11) is 1.58. The predicted molar refractivity (Wildman–Crippen MR) is 75.1 cm³/mol. The van der Waals surface area contributed by atoms with E-state index < -0.39 is 0 Å². The zero-order chi connectivity index (χ0) is 13.5. The van der Waals surface area contributed by atoms with Gasteiger partial charge >= 0.3 is 0 Å². The number of carbonyl (C=O) groups is 1. The maximum absolute atomic E-state index is 12.1. The maximum atomic E-state index is 12.1. The average molecular weight is 270 g/mol. The summed E-state index contributed by atoms with van der Waals surface area (Å²) in [4.78, 5) is 13.8. The third-order valence-corrected chi connectivity index (χ3v) is 3.05. The predicted octanol–water partition coefficient (Wildman–Crippen LogP) is 3.64. The van der Waals surface area contributed by atoms with E-state index in [0.717, 1.165) is 24.1 Å². The Morgan fingerprint density at radius 1 is 1.39 bits per heavy atom. The highest BCUT2D eigenvalue weighted by Crippen LogP contribution is 2.31. The minimum absolute atomic E-state index is 0.0437. The van der Waals surface area contributed by atoms with Crippen LogP contribution in [-0.2, 0) is 16.0 Å². The van der Waals surface area contributed by atoms with Gasteiger partial charge in [-0.15, -0.1) is 0 Å². The van der Waals surface area contributed by atoms with Crippen molar-refractivity contribution in [2.24, 2.45) is 0 Å². The number of methoxy groups -OCH3 is 1. The third kappa shape index (κ3) is 3.47. The Bertz CT molecular complexity index is 407. The van der Waals surface area contributed by atoms with Gasteiger partial charge in [-0.3, -0.25) is 9.69 Å². The summed E-state index contributed by atoms with van der Waals surface area (Å²) >= 11 is 6.23. The first kappa shape index (κ1) is 15.0. The van der Waals surface area contributed by atoms with E-state index in [2.05, 4.69) is 0 Å². The van der Waals surface area contributed by atoms with Gasteiger partial charge in [0, 0.05) is 13.5 Å². The Labute approximate surface area is 114 Å². The molecule has 0 radical (unpaired) electrons. The summed E-state index contributed by atoms with van der Waals surface area (Å²) in [5, 5.41) is 0.593. The van der Waals surface area contributed by atoms with Crippen LogP contribution in [0.1, 0.15) is 32.3 Å². The Hall–Kier alpha value is -1.06. The summed E-state index contributed by atoms with van der Waals surface area (Å²) in [5.74, 6) is 0.0437. The first-order chi connectivity index (χ1) is 8.65. The normalized spacial score (nSPS) is 10.4. The number of ether oxygens (including phenoxy) is 1. The van der Waals surface area contributed by atoms with Gasteiger partial charge in [0.1, 0.15) is 6.73 Å². The number of carbonyl (C=O) groups excluding carboxylic acids is 1. The summed E-state index contributed by atoms with van der Waals surface area (Å²) in [6.07, 6.45) is 2.14. The molecule has 0 aromatic heterocycles. The number of halogens is 1. The summed E-state index contributed by atoms with van der Waals surface area (Å²) in [6.45, 7) is 4.26. The monoisotopic (exact) mass is 269 g/mol. The quantitative estimate of drug-likeness (QED) is 0.738. The molecule has 3 nitrogen and oxygen atoms in total. The van der Waals surface area contributed by atoms with E-state index in [1.54, 1.807) is 18.1 Å². The number of hydrogen-bond acceptors (Lipinski definition) is 2. The number of aryl methyl sites for hydroxylation is 1. The van der Waals surface area contributed by atoms with E-state index in [1.165, 1.54) is 0 Å². The molecule has 1 aromatic rings. The van der Waals surface area contributed by atoms with Gasteiger partial charge in [0.15, 0.2) is 0 Å². The van der Waals surface area contributed by atoms with E-state index in [1.807, 2.05) is 26.0 Å². The molecular weight excluding hydrogens is 250 g/mol. The summed E-state index contributed by atoms with van der Waals surface area (Å²) in [6, 6.07) is 5.70. The largest absolute Gasteiger partial charge is 0.364 e. The van der Waals surface area contributed by atoms with Gasteiger partial charge in [0.2, 0.25) is 5.91 Å². The number of anilines is 1. The van der Waals surface area contributed by atoms with E-state index in [0.29, 0.717) is 11.4 Å². The fraction of sp³-hybridized carbons (Fsp3) is 0.500. The van der Waals surface area contributed by atoms with Crippen molar-refractivity contribution in [2.45, 2.75) is 33.1 Å². The average Bonchev–Trinajstić information content (AvgIpc) is 2.36. The van der Waals surface area contributed by atoms with Crippen molar-refractivity contribution < 1.29 is 9.53 Å². The molecule has 0 aliphatic rings. The topological polar surface area (TPSA) is 29.5 Å². The number of hydrogen-bond donors (Lipinski definition) is 0. The molecule has 0 unspecified atom stereocenters. The molecule has 0 spiro atoms. The fourth-order valence-electron chi connectivity index (χ4n) is 1.89. The second-order valence-electron chi connectivity index (χ2n) is 4.09. The van der Waals surface area contributed by atoms with Gasteiger partial charge in [-0.1, -0.05) is 37.6 Å². The standard InChI is InChI=1S/C14H20ClNO2/c1-4-7-13(17)16(10-18-3)14-11(5-2)8-6-9-12(14)15/h6,8-9H,4-5,7,10H2,1-3H3. The minimum Gasteiger partial charge on any atom is -0.364 e. The fourth-order valence-corrected chi connectivity index (χ4v) is 2.18. The number of amides is 1. The second-order valence-corrected chi connectivity index (χ2v) is 4.50. The van der Waals surface area contributed by atoms with Gasteiger partial charge in [0.25, 0.3) is 0 Å². The molecule has 1 amide bonds. The SMILES string of the molecule is CCCC(=O)N(COC)c1c(Cl)cccc1CC. The lowest BCUT2D eigenvalue weighted by atomic mass is 10.1. The smallest absolute Gasteiger partial charge is 0.228 e. The highest BCUT2D eigenvalue weighted by molar-refractivity contribution is 6.34. The lowest BCUT2D eigenvalue weighted by molar-refractivity contribution is -0.119. The maximum Gasteiger partial charge on any atom is 0.228 e. The first-order valence-corrected chi connectivity index (χ1v) is 6.60. The molecule has 0 aliphatic carbocycles. The van der Waals surface area contributed by atoms with Gasteiger partial charge in [-0.05, 0) is 24.5 Å². The van der Waals surface area contributed by atoms with Crippen LogP contribution >= 0.6 is 11.6 Å². The highest BCUT2D eigenvalue weighted by Gasteiger charge is 2.19. The Balaban J connectivity index is 3.15. The summed E-state index contributed by atoms with van der Waals surface area (Å²) < 4.78 is 5.13. The highest BCUT2D eigenvalue weighted by atomic mass is 35.5. The van der Waals surface area contributed by atoms with Crippen molar-refractivity contribution in [1.82, 2.24) is 0 Å². The second kappa shape index (κ2) is 7.39. The summed E-state index contributed by atoms with van der Waals surface area (Å²) in [5.41, 5.74) is 1.84. The number of para-hydroxylation sites is 1. The van der Waals surface area contributed by atoms with E-state index >= 15 is 0 Å². The molecule has 4 heteroatoms. The van der Waals surface area contributed by atoms with Crippen LogP contribution in [0.15, 0.2) is 18.2 Å².